The maximum absolute atomic E-state index is 5.17. The first kappa shape index (κ1) is 13.0. The van der Waals surface area contributed by atoms with Crippen LogP contribution >= 0.6 is 11.3 Å². The Hall–Kier alpha value is -2.66. The van der Waals surface area contributed by atoms with Crippen molar-refractivity contribution in [1.29, 1.82) is 0 Å². The lowest BCUT2D eigenvalue weighted by molar-refractivity contribution is 0.415. The zero-order valence-electron chi connectivity index (χ0n) is 11.9. The van der Waals surface area contributed by atoms with Crippen molar-refractivity contribution in [2.24, 2.45) is 0 Å². The van der Waals surface area contributed by atoms with E-state index in [1.54, 1.807) is 18.4 Å². The van der Waals surface area contributed by atoms with Crippen LogP contribution in [0.4, 0.5) is 0 Å². The molecule has 2 heterocycles. The molecule has 0 atom stereocenters. The largest absolute Gasteiger partial charge is 0.497 e. The van der Waals surface area contributed by atoms with Crippen LogP contribution in [0.1, 0.15) is 0 Å². The number of ether oxygens (including phenoxy) is 1. The molecular formula is C17H13N3OS. The molecule has 22 heavy (non-hydrogen) atoms. The zero-order chi connectivity index (χ0) is 14.9. The fourth-order valence-electron chi connectivity index (χ4n) is 2.30. The fourth-order valence-corrected chi connectivity index (χ4v) is 3.22. The Balaban J connectivity index is 1.71. The summed E-state index contributed by atoms with van der Waals surface area (Å²) in [6, 6.07) is 18.0. The van der Waals surface area contributed by atoms with Crippen LogP contribution in [0.15, 0.2) is 60.8 Å². The van der Waals surface area contributed by atoms with Crippen molar-refractivity contribution in [3.63, 3.8) is 0 Å². The third-order valence-electron chi connectivity index (χ3n) is 3.45. The number of fused-ring (bicyclic) bond motifs is 1. The lowest BCUT2D eigenvalue weighted by atomic mass is 10.2. The second-order valence-corrected chi connectivity index (χ2v) is 5.86. The topological polar surface area (TPSA) is 39.4 Å². The molecule has 0 spiro atoms. The van der Waals surface area contributed by atoms with Gasteiger partial charge in [-0.05, 0) is 29.8 Å². The van der Waals surface area contributed by atoms with Gasteiger partial charge in [0, 0.05) is 11.8 Å². The van der Waals surface area contributed by atoms with E-state index in [1.165, 1.54) is 5.56 Å². The van der Waals surface area contributed by atoms with Gasteiger partial charge in [0.25, 0.3) is 0 Å². The number of hydrogen-bond donors (Lipinski definition) is 0. The van der Waals surface area contributed by atoms with Crippen molar-refractivity contribution in [3.05, 3.63) is 60.8 Å². The highest BCUT2D eigenvalue weighted by molar-refractivity contribution is 7.20. The van der Waals surface area contributed by atoms with E-state index in [0.717, 1.165) is 27.0 Å². The highest BCUT2D eigenvalue weighted by Crippen LogP contribution is 2.29. The molecule has 4 aromatic rings. The molecule has 0 bridgehead atoms. The van der Waals surface area contributed by atoms with E-state index in [4.69, 9.17) is 4.74 Å². The molecule has 108 valence electrons. The van der Waals surface area contributed by atoms with E-state index in [9.17, 15) is 0 Å². The van der Waals surface area contributed by atoms with Crippen molar-refractivity contribution < 1.29 is 4.74 Å². The van der Waals surface area contributed by atoms with Crippen LogP contribution < -0.4 is 4.74 Å². The molecule has 0 aliphatic rings. The summed E-state index contributed by atoms with van der Waals surface area (Å²) in [6.45, 7) is 0. The Labute approximate surface area is 131 Å². The van der Waals surface area contributed by atoms with Gasteiger partial charge in [0.15, 0.2) is 5.82 Å². The maximum Gasteiger partial charge on any atom is 0.213 e. The number of nitrogens with zero attached hydrogens (tertiary/aromatic N) is 3. The number of rotatable bonds is 3. The maximum atomic E-state index is 5.17. The number of methoxy groups -OCH3 is 1. The fraction of sp³-hybridized carbons (Fsp3) is 0.0588. The van der Waals surface area contributed by atoms with Crippen molar-refractivity contribution in [2.75, 3.05) is 7.11 Å². The quantitative estimate of drug-likeness (QED) is 0.571. The smallest absolute Gasteiger partial charge is 0.213 e. The third-order valence-corrected chi connectivity index (χ3v) is 4.47. The molecule has 0 N–H and O–H groups in total. The number of aromatic nitrogens is 3. The minimum atomic E-state index is 0.730. The predicted molar refractivity (Wildman–Crippen MR) is 88.3 cm³/mol. The monoisotopic (exact) mass is 307 g/mol. The molecule has 2 aromatic heterocycles. The summed E-state index contributed by atoms with van der Waals surface area (Å²) in [5, 5.41) is 4.56. The molecule has 0 saturated carbocycles. The molecule has 0 radical (unpaired) electrons. The molecular weight excluding hydrogens is 294 g/mol. The van der Waals surface area contributed by atoms with Crippen LogP contribution in [-0.4, -0.2) is 21.7 Å². The SMILES string of the molecule is COc1ccc(-c2nc3sc(-c4ccccc4)cn3n2)cc1. The summed E-state index contributed by atoms with van der Waals surface area (Å²) in [4.78, 5) is 6.67. The Bertz CT molecular complexity index is 879. The second kappa shape index (κ2) is 5.27. The van der Waals surface area contributed by atoms with E-state index in [0.29, 0.717) is 0 Å². The highest BCUT2D eigenvalue weighted by Gasteiger charge is 2.10. The molecule has 0 fully saturated rings. The second-order valence-electron chi connectivity index (χ2n) is 4.85. The van der Waals surface area contributed by atoms with Gasteiger partial charge >= 0.3 is 0 Å². The van der Waals surface area contributed by atoms with E-state index in [-0.39, 0.29) is 0 Å². The predicted octanol–water partition coefficient (Wildman–Crippen LogP) is 4.13. The Morgan fingerprint density at radius 1 is 0.955 bits per heavy atom. The van der Waals surface area contributed by atoms with Crippen molar-refractivity contribution in [3.8, 4) is 27.6 Å². The summed E-state index contributed by atoms with van der Waals surface area (Å²) >= 11 is 1.64. The van der Waals surface area contributed by atoms with Gasteiger partial charge in [-0.15, -0.1) is 5.10 Å². The minimum Gasteiger partial charge on any atom is -0.497 e. The van der Waals surface area contributed by atoms with Crippen LogP contribution in [0.5, 0.6) is 5.75 Å². The Morgan fingerprint density at radius 3 is 2.41 bits per heavy atom. The number of benzene rings is 2. The summed E-state index contributed by atoms with van der Waals surface area (Å²) in [7, 11) is 1.66. The minimum absolute atomic E-state index is 0.730. The standard InChI is InChI=1S/C17H13N3OS/c1-21-14-9-7-13(8-10-14)16-18-17-20(19-16)11-15(22-17)12-5-3-2-4-6-12/h2-11H,1H3. The molecule has 2 aromatic carbocycles. The summed E-state index contributed by atoms with van der Waals surface area (Å²) in [5.41, 5.74) is 2.17. The normalized spacial score (nSPS) is 11.0. The van der Waals surface area contributed by atoms with Crippen molar-refractivity contribution in [2.45, 2.75) is 0 Å². The first-order valence-electron chi connectivity index (χ1n) is 6.89. The van der Waals surface area contributed by atoms with E-state index in [1.807, 2.05) is 53.2 Å². The van der Waals surface area contributed by atoms with Gasteiger partial charge in [0.2, 0.25) is 4.96 Å². The molecule has 0 saturated heterocycles. The van der Waals surface area contributed by atoms with Gasteiger partial charge in [0.05, 0.1) is 12.0 Å². The first-order valence-corrected chi connectivity index (χ1v) is 7.71. The Morgan fingerprint density at radius 2 is 1.73 bits per heavy atom. The number of thiazole rings is 1. The van der Waals surface area contributed by atoms with Crippen molar-refractivity contribution in [1.82, 2.24) is 14.6 Å². The van der Waals surface area contributed by atoms with Gasteiger partial charge in [-0.1, -0.05) is 41.7 Å². The van der Waals surface area contributed by atoms with Gasteiger partial charge in [0.1, 0.15) is 5.75 Å². The molecule has 0 unspecified atom stereocenters. The molecule has 0 amide bonds. The average Bonchev–Trinajstić information content (AvgIpc) is 3.15. The van der Waals surface area contributed by atoms with Crippen LogP contribution in [0.25, 0.3) is 26.8 Å². The van der Waals surface area contributed by atoms with Crippen LogP contribution in [0, 0.1) is 0 Å². The van der Waals surface area contributed by atoms with E-state index in [2.05, 4.69) is 22.2 Å². The van der Waals surface area contributed by atoms with Gasteiger partial charge in [-0.25, -0.2) is 4.52 Å². The lowest BCUT2D eigenvalue weighted by Crippen LogP contribution is -1.85. The molecule has 0 aliphatic carbocycles. The molecule has 5 heteroatoms. The van der Waals surface area contributed by atoms with Gasteiger partial charge in [-0.2, -0.15) is 4.98 Å². The van der Waals surface area contributed by atoms with E-state index >= 15 is 0 Å². The van der Waals surface area contributed by atoms with E-state index < -0.39 is 0 Å². The van der Waals surface area contributed by atoms with Crippen molar-refractivity contribution >= 4 is 16.3 Å². The van der Waals surface area contributed by atoms with Gasteiger partial charge in [-0.3, -0.25) is 0 Å². The molecule has 4 rings (SSSR count). The Kier molecular flexibility index (Phi) is 3.12. The summed E-state index contributed by atoms with van der Waals surface area (Å²) in [6.07, 6.45) is 2.02. The van der Waals surface area contributed by atoms with Gasteiger partial charge < -0.3 is 4.74 Å². The highest BCUT2D eigenvalue weighted by atomic mass is 32.1. The van der Waals surface area contributed by atoms with Crippen LogP contribution in [-0.2, 0) is 0 Å². The van der Waals surface area contributed by atoms with Crippen LogP contribution in [0.3, 0.4) is 0 Å². The van der Waals surface area contributed by atoms with Crippen LogP contribution in [0.2, 0.25) is 0 Å². The third kappa shape index (κ3) is 2.25. The zero-order valence-corrected chi connectivity index (χ0v) is 12.7. The summed E-state index contributed by atoms with van der Waals surface area (Å²) in [5.74, 6) is 1.56. The lowest BCUT2D eigenvalue weighted by Gasteiger charge is -1.99. The molecule has 4 nitrogen and oxygen atoms in total. The summed E-state index contributed by atoms with van der Waals surface area (Å²) < 4.78 is 7.01. The first-order chi connectivity index (χ1) is 10.8. The number of hydrogen-bond acceptors (Lipinski definition) is 4. The molecule has 0 aliphatic heterocycles. The average molecular weight is 307 g/mol.